The molecule has 0 N–H and O–H groups in total. The van der Waals surface area contributed by atoms with E-state index in [2.05, 4.69) is 27.7 Å². The monoisotopic (exact) mass is 567 g/mol. The van der Waals surface area contributed by atoms with Crippen LogP contribution in [0.25, 0.3) is 0 Å². The van der Waals surface area contributed by atoms with Crippen LogP contribution in [0, 0.1) is 11.8 Å². The van der Waals surface area contributed by atoms with Crippen LogP contribution in [0.15, 0.2) is 0 Å². The molecule has 0 amide bonds. The van der Waals surface area contributed by atoms with E-state index in [0.717, 1.165) is 50.4 Å². The minimum Gasteiger partial charge on any atom is -0.466 e. The Morgan fingerprint density at radius 3 is 1.15 bits per heavy atom. The van der Waals surface area contributed by atoms with Gasteiger partial charge in [-0.2, -0.15) is 0 Å². The van der Waals surface area contributed by atoms with Gasteiger partial charge in [-0.05, 0) is 37.5 Å². The van der Waals surface area contributed by atoms with Crippen molar-refractivity contribution in [1.82, 2.24) is 0 Å². The molecule has 0 atom stereocenters. The van der Waals surface area contributed by atoms with Gasteiger partial charge in [0.25, 0.3) is 0 Å². The third kappa shape index (κ3) is 28.5. The van der Waals surface area contributed by atoms with Crippen LogP contribution in [0.3, 0.4) is 0 Å². The lowest BCUT2D eigenvalue weighted by Crippen LogP contribution is -2.09. The van der Waals surface area contributed by atoms with E-state index in [0.29, 0.717) is 26.1 Å². The molecule has 0 fully saturated rings. The highest BCUT2D eigenvalue weighted by Crippen LogP contribution is 2.25. The van der Waals surface area contributed by atoms with E-state index < -0.39 is 0 Å². The Hall–Kier alpha value is -1.06. The fourth-order valence-electron chi connectivity index (χ4n) is 5.50. The first-order chi connectivity index (χ1) is 19.5. The summed E-state index contributed by atoms with van der Waals surface area (Å²) in [5.74, 6) is 1.57. The predicted molar refractivity (Wildman–Crippen MR) is 172 cm³/mol. The molecule has 0 aromatic carbocycles. The molecule has 0 aromatic rings. The van der Waals surface area contributed by atoms with Crippen molar-refractivity contribution in [2.75, 3.05) is 13.2 Å². The predicted octanol–water partition coefficient (Wildman–Crippen LogP) is 11.5. The topological polar surface area (TPSA) is 52.6 Å². The van der Waals surface area contributed by atoms with Crippen molar-refractivity contribution in [1.29, 1.82) is 0 Å². The number of hydrogen-bond acceptors (Lipinski definition) is 4. The molecule has 0 saturated carbocycles. The molecule has 0 aliphatic carbocycles. The third-order valence-electron chi connectivity index (χ3n) is 8.38. The van der Waals surface area contributed by atoms with E-state index in [1.807, 2.05) is 0 Å². The second kappa shape index (κ2) is 30.9. The maximum Gasteiger partial charge on any atom is 0.305 e. The molecule has 0 aliphatic rings. The van der Waals surface area contributed by atoms with Crippen LogP contribution in [0.5, 0.6) is 0 Å². The van der Waals surface area contributed by atoms with Crippen LogP contribution in [0.4, 0.5) is 0 Å². The fourth-order valence-corrected chi connectivity index (χ4v) is 5.50. The van der Waals surface area contributed by atoms with Gasteiger partial charge in [0.05, 0.1) is 13.2 Å². The zero-order valence-corrected chi connectivity index (χ0v) is 27.6. The molecule has 0 unspecified atom stereocenters. The molecule has 0 aliphatic heterocycles. The van der Waals surface area contributed by atoms with Crippen molar-refractivity contribution in [3.8, 4) is 0 Å². The first-order valence-corrected chi connectivity index (χ1v) is 17.8. The first kappa shape index (κ1) is 38.9. The molecular weight excluding hydrogens is 496 g/mol. The fraction of sp³-hybridized carbons (Fsp3) is 0.944. The third-order valence-corrected chi connectivity index (χ3v) is 8.38. The average molecular weight is 567 g/mol. The second-order valence-corrected chi connectivity index (χ2v) is 12.6. The maximum absolute atomic E-state index is 11.9. The number of hydrogen-bond donors (Lipinski definition) is 0. The molecule has 0 bridgehead atoms. The van der Waals surface area contributed by atoms with Gasteiger partial charge in [0, 0.05) is 12.8 Å². The molecule has 0 aromatic heterocycles. The Bertz CT molecular complexity index is 501. The first-order valence-electron chi connectivity index (χ1n) is 17.8. The number of carbonyl (C=O) groups excluding carboxylic acids is 2. The number of ether oxygens (including phenoxy) is 2. The van der Waals surface area contributed by atoms with Gasteiger partial charge in [-0.1, -0.05) is 156 Å². The molecule has 0 spiro atoms. The van der Waals surface area contributed by atoms with Crippen molar-refractivity contribution in [2.24, 2.45) is 11.8 Å². The van der Waals surface area contributed by atoms with Crippen LogP contribution in [-0.2, 0) is 19.1 Å². The highest BCUT2D eigenvalue weighted by atomic mass is 16.5. The molecule has 4 heteroatoms. The lowest BCUT2D eigenvalue weighted by atomic mass is 9.85. The van der Waals surface area contributed by atoms with Gasteiger partial charge in [0.1, 0.15) is 0 Å². The zero-order valence-electron chi connectivity index (χ0n) is 27.6. The van der Waals surface area contributed by atoms with Crippen LogP contribution < -0.4 is 0 Å². The quantitative estimate of drug-likeness (QED) is 0.0618. The summed E-state index contributed by atoms with van der Waals surface area (Å²) in [6.07, 6.45) is 30.5. The van der Waals surface area contributed by atoms with Crippen molar-refractivity contribution in [3.63, 3.8) is 0 Å². The minimum absolute atomic E-state index is 0.00291. The van der Waals surface area contributed by atoms with E-state index in [4.69, 9.17) is 9.47 Å². The van der Waals surface area contributed by atoms with Gasteiger partial charge in [-0.3, -0.25) is 9.59 Å². The summed E-state index contributed by atoms with van der Waals surface area (Å²) in [7, 11) is 0. The normalized spacial score (nSPS) is 11.4. The summed E-state index contributed by atoms with van der Waals surface area (Å²) in [6.45, 7) is 10.4. The van der Waals surface area contributed by atoms with E-state index in [1.165, 1.54) is 116 Å². The van der Waals surface area contributed by atoms with E-state index >= 15 is 0 Å². The van der Waals surface area contributed by atoms with Gasteiger partial charge >= 0.3 is 11.9 Å². The SMILES string of the molecule is CCCCCCCCOC(=O)CCCCCCCC(CCCCCCCC(=O)OCCCCCCCC)C(C)C. The smallest absolute Gasteiger partial charge is 0.305 e. The number of esters is 2. The Morgan fingerprint density at radius 2 is 0.775 bits per heavy atom. The molecule has 0 radical (unpaired) electrons. The van der Waals surface area contributed by atoms with Gasteiger partial charge in [0.2, 0.25) is 0 Å². The highest BCUT2D eigenvalue weighted by molar-refractivity contribution is 5.69. The van der Waals surface area contributed by atoms with Crippen molar-refractivity contribution < 1.29 is 19.1 Å². The zero-order chi connectivity index (χ0) is 29.5. The molecule has 0 rings (SSSR count). The summed E-state index contributed by atoms with van der Waals surface area (Å²) in [4.78, 5) is 23.8. The number of rotatable bonds is 31. The lowest BCUT2D eigenvalue weighted by Gasteiger charge is -2.20. The second-order valence-electron chi connectivity index (χ2n) is 12.6. The maximum atomic E-state index is 11.9. The Kier molecular flexibility index (Phi) is 30.1. The molecule has 0 saturated heterocycles. The lowest BCUT2D eigenvalue weighted by molar-refractivity contribution is -0.144. The van der Waals surface area contributed by atoms with Crippen molar-refractivity contribution in [3.05, 3.63) is 0 Å². The summed E-state index contributed by atoms with van der Waals surface area (Å²) in [5.41, 5.74) is 0. The Morgan fingerprint density at radius 1 is 0.450 bits per heavy atom. The van der Waals surface area contributed by atoms with Crippen LogP contribution in [-0.4, -0.2) is 25.2 Å². The summed E-state index contributed by atoms with van der Waals surface area (Å²) >= 11 is 0. The van der Waals surface area contributed by atoms with E-state index in [1.54, 1.807) is 0 Å². The average Bonchev–Trinajstić information content (AvgIpc) is 2.93. The van der Waals surface area contributed by atoms with Crippen LogP contribution >= 0.6 is 0 Å². The number of carbonyl (C=O) groups is 2. The molecular formula is C36H70O4. The van der Waals surface area contributed by atoms with Gasteiger partial charge in [-0.25, -0.2) is 0 Å². The molecule has 4 nitrogen and oxygen atoms in total. The molecule has 238 valence electrons. The Labute approximate surface area is 250 Å². The van der Waals surface area contributed by atoms with Crippen molar-refractivity contribution in [2.45, 2.75) is 195 Å². The largest absolute Gasteiger partial charge is 0.466 e. The molecule has 0 heterocycles. The number of unbranched alkanes of at least 4 members (excludes halogenated alkanes) is 18. The Balaban J connectivity index is 3.57. The van der Waals surface area contributed by atoms with Gasteiger partial charge < -0.3 is 9.47 Å². The van der Waals surface area contributed by atoms with Gasteiger partial charge in [0.15, 0.2) is 0 Å². The molecule has 40 heavy (non-hydrogen) atoms. The summed E-state index contributed by atoms with van der Waals surface area (Å²) in [6, 6.07) is 0. The summed E-state index contributed by atoms with van der Waals surface area (Å²) < 4.78 is 10.8. The van der Waals surface area contributed by atoms with E-state index in [9.17, 15) is 9.59 Å². The minimum atomic E-state index is -0.00291. The summed E-state index contributed by atoms with van der Waals surface area (Å²) in [5, 5.41) is 0. The standard InChI is InChI=1S/C36H70O4/c1-5-7-9-11-19-25-31-39-35(37)29-23-17-13-15-21-27-34(33(3)4)28-22-16-14-18-24-30-36(38)40-32-26-20-12-10-8-6-2/h33-34H,5-32H2,1-4H3. The highest BCUT2D eigenvalue weighted by Gasteiger charge is 2.13. The van der Waals surface area contributed by atoms with Gasteiger partial charge in [-0.15, -0.1) is 0 Å². The van der Waals surface area contributed by atoms with E-state index in [-0.39, 0.29) is 11.9 Å². The van der Waals surface area contributed by atoms with Crippen molar-refractivity contribution >= 4 is 11.9 Å². The van der Waals surface area contributed by atoms with Crippen LogP contribution in [0.2, 0.25) is 0 Å². The van der Waals surface area contributed by atoms with Crippen LogP contribution in [0.1, 0.15) is 195 Å².